The van der Waals surface area contributed by atoms with Crippen LogP contribution in [-0.2, 0) is 11.3 Å². The average molecular weight is 436 g/mol. The minimum absolute atomic E-state index is 0.0233. The fourth-order valence-corrected chi connectivity index (χ4v) is 4.34. The smallest absolute Gasteiger partial charge is 0.259 e. The van der Waals surface area contributed by atoms with Gasteiger partial charge in [-0.25, -0.2) is 4.98 Å². The number of aryl methyl sites for hydroxylation is 1. The molecule has 4 heterocycles. The topological polar surface area (TPSA) is 83.7 Å². The molecule has 3 aromatic rings. The van der Waals surface area contributed by atoms with E-state index in [4.69, 9.17) is 4.74 Å². The van der Waals surface area contributed by atoms with Gasteiger partial charge in [0.1, 0.15) is 11.6 Å². The van der Waals surface area contributed by atoms with Crippen molar-refractivity contribution in [3.8, 4) is 5.75 Å². The van der Waals surface area contributed by atoms with Gasteiger partial charge in [-0.05, 0) is 42.8 Å². The molecule has 8 nitrogen and oxygen atoms in total. The first-order chi connectivity index (χ1) is 15.6. The molecule has 1 saturated heterocycles. The number of aromatic nitrogens is 3. The van der Waals surface area contributed by atoms with Gasteiger partial charge in [-0.3, -0.25) is 14.7 Å². The molecule has 1 atom stereocenters. The van der Waals surface area contributed by atoms with Crippen molar-refractivity contribution in [2.24, 2.45) is 0 Å². The molecule has 0 unspecified atom stereocenters. The lowest BCUT2D eigenvalue weighted by Gasteiger charge is -2.40. The molecular weight excluding hydrogens is 406 g/mol. The third-order valence-electron chi connectivity index (χ3n) is 5.99. The number of anilines is 1. The molecule has 1 fully saturated rings. The SMILES string of the molecule is COCCn1c(C)cc(O)c([C@@H](c2ccncc2)N2CCN(c3ccccn3)CC2)c1=O. The van der Waals surface area contributed by atoms with Gasteiger partial charge in [0.25, 0.3) is 5.56 Å². The summed E-state index contributed by atoms with van der Waals surface area (Å²) in [6, 6.07) is 11.0. The fraction of sp³-hybridized carbons (Fsp3) is 0.375. The van der Waals surface area contributed by atoms with Crippen LogP contribution in [0.2, 0.25) is 0 Å². The van der Waals surface area contributed by atoms with Gasteiger partial charge in [0, 0.05) is 64.1 Å². The second-order valence-electron chi connectivity index (χ2n) is 7.93. The Kier molecular flexibility index (Phi) is 6.82. The van der Waals surface area contributed by atoms with Gasteiger partial charge < -0.3 is 19.3 Å². The lowest BCUT2D eigenvalue weighted by molar-refractivity contribution is 0.183. The van der Waals surface area contributed by atoms with E-state index < -0.39 is 0 Å². The Morgan fingerprint density at radius 3 is 2.50 bits per heavy atom. The van der Waals surface area contributed by atoms with Crippen LogP contribution in [0.1, 0.15) is 22.9 Å². The normalized spacial score (nSPS) is 15.6. The van der Waals surface area contributed by atoms with Crippen LogP contribution >= 0.6 is 0 Å². The van der Waals surface area contributed by atoms with Crippen LogP contribution in [0.25, 0.3) is 0 Å². The van der Waals surface area contributed by atoms with Crippen LogP contribution in [0, 0.1) is 6.92 Å². The molecule has 0 aromatic carbocycles. The molecule has 0 radical (unpaired) electrons. The van der Waals surface area contributed by atoms with Crippen molar-refractivity contribution in [1.82, 2.24) is 19.4 Å². The predicted octanol–water partition coefficient (Wildman–Crippen LogP) is 2.21. The minimum atomic E-state index is -0.370. The van der Waals surface area contributed by atoms with E-state index >= 15 is 0 Å². The van der Waals surface area contributed by atoms with E-state index in [1.807, 2.05) is 37.3 Å². The molecule has 32 heavy (non-hydrogen) atoms. The summed E-state index contributed by atoms with van der Waals surface area (Å²) in [5.74, 6) is 0.975. The number of hydrogen-bond donors (Lipinski definition) is 1. The van der Waals surface area contributed by atoms with Crippen LogP contribution in [-0.4, -0.2) is 64.4 Å². The number of nitrogens with zero attached hydrogens (tertiary/aromatic N) is 5. The molecule has 0 saturated carbocycles. The molecule has 4 rings (SSSR count). The quantitative estimate of drug-likeness (QED) is 0.609. The van der Waals surface area contributed by atoms with Gasteiger partial charge in [-0.2, -0.15) is 0 Å². The van der Waals surface area contributed by atoms with E-state index in [9.17, 15) is 9.90 Å². The molecular formula is C24H29N5O3. The molecule has 1 aliphatic heterocycles. The van der Waals surface area contributed by atoms with Crippen LogP contribution in [0.15, 0.2) is 59.8 Å². The first kappa shape index (κ1) is 22.0. The highest BCUT2D eigenvalue weighted by Crippen LogP contribution is 2.33. The summed E-state index contributed by atoms with van der Waals surface area (Å²) in [6.45, 7) is 5.71. The number of methoxy groups -OCH3 is 1. The highest BCUT2D eigenvalue weighted by atomic mass is 16.5. The number of aromatic hydroxyl groups is 1. The second kappa shape index (κ2) is 9.93. The Bertz CT molecular complexity index is 1080. The van der Waals surface area contributed by atoms with Gasteiger partial charge in [-0.15, -0.1) is 0 Å². The summed E-state index contributed by atoms with van der Waals surface area (Å²) in [5.41, 5.74) is 1.85. The molecule has 0 spiro atoms. The van der Waals surface area contributed by atoms with Crippen molar-refractivity contribution in [1.29, 1.82) is 0 Å². The van der Waals surface area contributed by atoms with Crippen LogP contribution < -0.4 is 10.5 Å². The Balaban J connectivity index is 1.70. The Hall–Kier alpha value is -3.23. The zero-order chi connectivity index (χ0) is 22.5. The van der Waals surface area contributed by atoms with Crippen LogP contribution in [0.3, 0.4) is 0 Å². The molecule has 8 heteroatoms. The number of rotatable bonds is 7. The van der Waals surface area contributed by atoms with Gasteiger partial charge in [-0.1, -0.05) is 6.07 Å². The molecule has 168 valence electrons. The summed E-state index contributed by atoms with van der Waals surface area (Å²) >= 11 is 0. The van der Waals surface area contributed by atoms with E-state index in [1.54, 1.807) is 36.3 Å². The summed E-state index contributed by atoms with van der Waals surface area (Å²) < 4.78 is 6.87. The lowest BCUT2D eigenvalue weighted by atomic mass is 9.96. The Morgan fingerprint density at radius 1 is 1.09 bits per heavy atom. The summed E-state index contributed by atoms with van der Waals surface area (Å²) in [4.78, 5) is 26.6. The van der Waals surface area contributed by atoms with Gasteiger partial charge in [0.2, 0.25) is 0 Å². The van der Waals surface area contributed by atoms with Gasteiger partial charge >= 0.3 is 0 Å². The lowest BCUT2D eigenvalue weighted by Crippen LogP contribution is -2.49. The number of hydrogen-bond acceptors (Lipinski definition) is 7. The number of pyridine rings is 3. The van der Waals surface area contributed by atoms with E-state index in [1.165, 1.54) is 0 Å². The van der Waals surface area contributed by atoms with Crippen molar-refractivity contribution in [2.45, 2.75) is 19.5 Å². The second-order valence-corrected chi connectivity index (χ2v) is 7.93. The van der Waals surface area contributed by atoms with E-state index in [2.05, 4.69) is 19.8 Å². The maximum atomic E-state index is 13.5. The van der Waals surface area contributed by atoms with Crippen molar-refractivity contribution in [3.05, 3.63) is 82.2 Å². The highest BCUT2D eigenvalue weighted by molar-refractivity contribution is 5.42. The first-order valence-corrected chi connectivity index (χ1v) is 10.8. The van der Waals surface area contributed by atoms with E-state index in [0.29, 0.717) is 24.4 Å². The summed E-state index contributed by atoms with van der Waals surface area (Å²) in [6.07, 6.45) is 5.25. The van der Waals surface area contributed by atoms with Gasteiger partial charge in [0.15, 0.2) is 0 Å². The largest absolute Gasteiger partial charge is 0.507 e. The monoisotopic (exact) mass is 435 g/mol. The Morgan fingerprint density at radius 2 is 1.84 bits per heavy atom. The molecule has 1 aliphatic rings. The van der Waals surface area contributed by atoms with Crippen molar-refractivity contribution < 1.29 is 9.84 Å². The molecule has 0 amide bonds. The molecule has 0 aliphatic carbocycles. The number of ether oxygens (including phenoxy) is 1. The summed E-state index contributed by atoms with van der Waals surface area (Å²) in [5, 5.41) is 10.9. The predicted molar refractivity (Wildman–Crippen MR) is 123 cm³/mol. The third-order valence-corrected chi connectivity index (χ3v) is 5.99. The molecule has 0 bridgehead atoms. The van der Waals surface area contributed by atoms with Crippen LogP contribution in [0.4, 0.5) is 5.82 Å². The van der Waals surface area contributed by atoms with Crippen molar-refractivity contribution in [3.63, 3.8) is 0 Å². The van der Waals surface area contributed by atoms with Gasteiger partial charge in [0.05, 0.1) is 18.2 Å². The molecule has 1 N–H and O–H groups in total. The van der Waals surface area contributed by atoms with E-state index in [0.717, 1.165) is 37.6 Å². The van der Waals surface area contributed by atoms with Crippen molar-refractivity contribution in [2.75, 3.05) is 44.8 Å². The molecule has 3 aromatic heterocycles. The Labute approximate surface area is 187 Å². The number of piperazine rings is 1. The average Bonchev–Trinajstić information content (AvgIpc) is 2.83. The summed E-state index contributed by atoms with van der Waals surface area (Å²) in [7, 11) is 1.61. The van der Waals surface area contributed by atoms with Crippen LogP contribution in [0.5, 0.6) is 5.75 Å². The maximum absolute atomic E-state index is 13.5. The van der Waals surface area contributed by atoms with Crippen molar-refractivity contribution >= 4 is 5.82 Å². The fourth-order valence-electron chi connectivity index (χ4n) is 4.34. The highest BCUT2D eigenvalue weighted by Gasteiger charge is 2.31. The first-order valence-electron chi connectivity index (χ1n) is 10.8. The minimum Gasteiger partial charge on any atom is -0.507 e. The zero-order valence-corrected chi connectivity index (χ0v) is 18.5. The van der Waals surface area contributed by atoms with E-state index in [-0.39, 0.29) is 17.4 Å². The third kappa shape index (κ3) is 4.51. The standard InChI is InChI=1S/C24H29N5O3/c1-18-17-20(30)22(24(31)29(18)15-16-32-2)23(19-6-9-25-10-7-19)28-13-11-27(12-14-28)21-5-3-4-8-26-21/h3-10,17,23,30H,11-16H2,1-2H3/t23-/m1/s1. The maximum Gasteiger partial charge on any atom is 0.259 e. The zero-order valence-electron chi connectivity index (χ0n) is 18.5.